The van der Waals surface area contributed by atoms with Crippen LogP contribution in [0.4, 0.5) is 13.9 Å². The van der Waals surface area contributed by atoms with E-state index in [1.54, 1.807) is 42.5 Å². The molecule has 0 bridgehead atoms. The Kier molecular flexibility index (Phi) is 10.0. The zero-order valence-electron chi connectivity index (χ0n) is 25.5. The zero-order chi connectivity index (χ0) is 34.7. The lowest BCUT2D eigenvalue weighted by atomic mass is 9.99. The van der Waals surface area contributed by atoms with E-state index in [1.807, 2.05) is 0 Å². The van der Waals surface area contributed by atoms with Crippen LogP contribution in [0.15, 0.2) is 95.6 Å². The molecule has 1 unspecified atom stereocenters. The Morgan fingerprint density at radius 1 is 0.857 bits per heavy atom. The molecule has 6 aromatic rings. The number of hydrogen-bond donors (Lipinski definition) is 1. The zero-order valence-corrected chi connectivity index (χ0v) is 28.7. The summed E-state index contributed by atoms with van der Waals surface area (Å²) in [4.78, 5) is -0.620. The number of methoxy groups -OCH3 is 2. The number of hydrogen-bond acceptors (Lipinski definition) is 9. The summed E-state index contributed by atoms with van der Waals surface area (Å²) in [7, 11) is -1.44. The maximum atomic E-state index is 16.0. The van der Waals surface area contributed by atoms with E-state index < -0.39 is 26.9 Å². The van der Waals surface area contributed by atoms with Crippen LogP contribution < -0.4 is 18.5 Å². The lowest BCUT2D eigenvalue weighted by Crippen LogP contribution is -2.36. The smallest absolute Gasteiger partial charge is 0.354 e. The van der Waals surface area contributed by atoms with Crippen molar-refractivity contribution >= 4 is 50.1 Å². The summed E-state index contributed by atoms with van der Waals surface area (Å²) < 4.78 is 73.6. The van der Waals surface area contributed by atoms with Crippen LogP contribution in [0.3, 0.4) is 0 Å². The first-order chi connectivity index (χ1) is 23.6. The molecule has 0 saturated carbocycles. The number of halogens is 4. The number of ether oxygens (including phenoxy) is 3. The predicted octanol–water partition coefficient (Wildman–Crippen LogP) is 9.01. The molecule has 2 aromatic heterocycles. The Labute approximate surface area is 294 Å². The third-order valence-corrected chi connectivity index (χ3v) is 10.5. The number of rotatable bonds is 11. The van der Waals surface area contributed by atoms with Gasteiger partial charge in [-0.15, -0.1) is 14.5 Å². The van der Waals surface area contributed by atoms with E-state index in [1.165, 1.54) is 50.3 Å². The molecule has 10 nitrogen and oxygen atoms in total. The average molecular weight is 744 g/mol. The normalized spacial score (nSPS) is 12.3. The number of aromatic nitrogens is 4. The van der Waals surface area contributed by atoms with E-state index in [0.29, 0.717) is 39.3 Å². The number of anilines is 1. The molecule has 6 rings (SSSR count). The van der Waals surface area contributed by atoms with Gasteiger partial charge in [-0.25, -0.2) is 8.78 Å². The lowest BCUT2D eigenvalue weighted by molar-refractivity contribution is 0.391. The molecule has 0 spiro atoms. The van der Waals surface area contributed by atoms with E-state index in [2.05, 4.69) is 20.4 Å². The average Bonchev–Trinajstić information content (AvgIpc) is 3.63. The van der Waals surface area contributed by atoms with Crippen LogP contribution in [0.2, 0.25) is 10.0 Å². The molecule has 250 valence electrons. The van der Waals surface area contributed by atoms with Crippen molar-refractivity contribution in [2.24, 2.45) is 0 Å². The minimum atomic E-state index is -4.38. The van der Waals surface area contributed by atoms with Gasteiger partial charge in [-0.3, -0.25) is 0 Å². The predicted molar refractivity (Wildman–Crippen MR) is 184 cm³/mol. The molecule has 0 radical (unpaired) electrons. The maximum absolute atomic E-state index is 16.0. The monoisotopic (exact) mass is 742 g/mol. The van der Waals surface area contributed by atoms with Gasteiger partial charge in [-0.1, -0.05) is 46.7 Å². The fourth-order valence-electron chi connectivity index (χ4n) is 4.90. The van der Waals surface area contributed by atoms with Gasteiger partial charge >= 0.3 is 10.4 Å². The second kappa shape index (κ2) is 14.4. The van der Waals surface area contributed by atoms with Gasteiger partial charge in [0.05, 0.1) is 43.2 Å². The fourth-order valence-corrected chi connectivity index (χ4v) is 7.71. The van der Waals surface area contributed by atoms with Crippen LogP contribution in [0.25, 0.3) is 22.3 Å². The van der Waals surface area contributed by atoms with Crippen molar-refractivity contribution in [1.29, 1.82) is 0 Å². The Bertz CT molecular complexity index is 2180. The molecule has 4 aromatic carbocycles. The van der Waals surface area contributed by atoms with Gasteiger partial charge in [0.2, 0.25) is 0 Å². The number of benzene rings is 4. The Morgan fingerprint density at radius 3 is 2.39 bits per heavy atom. The second-order valence-electron chi connectivity index (χ2n) is 10.2. The Morgan fingerprint density at radius 2 is 1.69 bits per heavy atom. The van der Waals surface area contributed by atoms with E-state index >= 15 is 4.39 Å². The first kappa shape index (κ1) is 34.1. The van der Waals surface area contributed by atoms with Crippen molar-refractivity contribution in [3.63, 3.8) is 0 Å². The van der Waals surface area contributed by atoms with Crippen LogP contribution >= 0.6 is 34.5 Å². The molecule has 1 N–H and O–H groups in total. The quantitative estimate of drug-likeness (QED) is 0.130. The lowest BCUT2D eigenvalue weighted by Gasteiger charge is -2.21. The van der Waals surface area contributed by atoms with Crippen molar-refractivity contribution in [3.8, 4) is 45.3 Å². The van der Waals surface area contributed by atoms with Crippen LogP contribution in [0, 0.1) is 11.6 Å². The largest absolute Gasteiger partial charge is 0.497 e. The van der Waals surface area contributed by atoms with Gasteiger partial charge in [-0.2, -0.15) is 14.8 Å². The minimum absolute atomic E-state index is 0.0462. The summed E-state index contributed by atoms with van der Waals surface area (Å²) >= 11 is 14.2. The second-order valence-corrected chi connectivity index (χ2v) is 13.7. The third kappa shape index (κ3) is 7.19. The van der Waals surface area contributed by atoms with E-state index in [9.17, 15) is 13.2 Å². The molecule has 16 heteroatoms. The van der Waals surface area contributed by atoms with E-state index in [0.717, 1.165) is 27.8 Å². The fraction of sp³-hybridized carbons (Fsp3) is 0.0909. The van der Waals surface area contributed by atoms with Crippen molar-refractivity contribution in [1.82, 2.24) is 20.4 Å². The van der Waals surface area contributed by atoms with Crippen LogP contribution in [-0.2, 0) is 21.2 Å². The summed E-state index contributed by atoms with van der Waals surface area (Å²) in [6.45, 7) is -0.216. The summed E-state index contributed by atoms with van der Waals surface area (Å²) in [6, 6.07) is 17.6. The maximum Gasteiger partial charge on any atom is 0.354 e. The summed E-state index contributed by atoms with van der Waals surface area (Å²) in [6.07, 6.45) is 2.96. The van der Waals surface area contributed by atoms with Crippen molar-refractivity contribution in [2.45, 2.75) is 11.4 Å². The van der Waals surface area contributed by atoms with Crippen LogP contribution in [-0.4, -0.2) is 39.2 Å². The van der Waals surface area contributed by atoms with Gasteiger partial charge in [0.15, 0.2) is 5.82 Å². The molecule has 49 heavy (non-hydrogen) atoms. The highest BCUT2D eigenvalue weighted by atomic mass is 35.5. The Hall–Kier alpha value is -4.73. The van der Waals surface area contributed by atoms with Crippen molar-refractivity contribution in [2.75, 3.05) is 18.5 Å². The van der Waals surface area contributed by atoms with Gasteiger partial charge in [0.1, 0.15) is 34.3 Å². The highest BCUT2D eigenvalue weighted by molar-refractivity contribution is 7.99. The Balaban J connectivity index is 1.39. The first-order valence-corrected chi connectivity index (χ1v) is 17.2. The molecule has 0 saturated heterocycles. The third-order valence-electron chi connectivity index (χ3n) is 7.26. The van der Waals surface area contributed by atoms with Gasteiger partial charge in [0, 0.05) is 46.5 Å². The van der Waals surface area contributed by atoms with Crippen molar-refractivity contribution in [3.05, 3.63) is 118 Å². The standard InChI is InChI=1S/C33H23Cl2F2N5O5S2/c1-45-23-7-6-21(29(11-23)46-2)17-42(33-41-40-18-48-33)49(43,44)32-14-27(35)31(15-28(32)37)47-30-13-26(34)24(19-4-3-5-22(36)10-19)12-25(30)20-8-9-38-39-16-20/h3-16,18H,17H2,1-2H3/p+1. The van der Waals surface area contributed by atoms with Crippen LogP contribution in [0.1, 0.15) is 5.56 Å². The highest BCUT2D eigenvalue weighted by Gasteiger charge is 2.44. The van der Waals surface area contributed by atoms with E-state index in [-0.39, 0.29) is 33.2 Å². The van der Waals surface area contributed by atoms with Gasteiger partial charge in [-0.05, 0) is 46.2 Å². The molecular formula is C33H24Cl2F2N5O5S2+. The topological polar surface area (TPSA) is 120 Å². The highest BCUT2D eigenvalue weighted by Crippen LogP contribution is 2.44. The first-order valence-electron chi connectivity index (χ1n) is 14.1. The molecular weight excluding hydrogens is 719 g/mol. The SMILES string of the molecule is COc1ccc(CN(c2nncs2)[S+](=O)(O)c2cc(Cl)c(Oc3cc(Cl)c(-c4cccc(F)c4)cc3-c3ccnnc3)cc2F)c(OC)c1. The van der Waals surface area contributed by atoms with Gasteiger partial charge in [0.25, 0.3) is 10.0 Å². The molecule has 0 aliphatic heterocycles. The summed E-state index contributed by atoms with van der Waals surface area (Å²) in [5, 5.41) is 15.6. The van der Waals surface area contributed by atoms with E-state index in [4.69, 9.17) is 37.4 Å². The molecule has 0 amide bonds. The molecule has 0 aliphatic rings. The molecule has 1 atom stereocenters. The molecule has 2 heterocycles. The minimum Gasteiger partial charge on any atom is -0.497 e. The van der Waals surface area contributed by atoms with Crippen molar-refractivity contribution < 1.29 is 31.8 Å². The summed E-state index contributed by atoms with van der Waals surface area (Å²) in [5.41, 5.74) is 3.90. The number of nitrogens with zero attached hydrogens (tertiary/aromatic N) is 5. The van der Waals surface area contributed by atoms with Crippen LogP contribution in [0.5, 0.6) is 23.0 Å². The molecule has 0 fully saturated rings. The summed E-state index contributed by atoms with van der Waals surface area (Å²) in [5.74, 6) is -0.674. The molecule has 0 aliphatic carbocycles. The van der Waals surface area contributed by atoms with Gasteiger partial charge < -0.3 is 14.2 Å².